The van der Waals surface area contributed by atoms with Gasteiger partial charge >= 0.3 is 6.18 Å². The van der Waals surface area contributed by atoms with Gasteiger partial charge in [0.25, 0.3) is 0 Å². The molecule has 1 aliphatic rings. The Bertz CT molecular complexity index is 509. The molecule has 0 aromatic carbocycles. The summed E-state index contributed by atoms with van der Waals surface area (Å²) in [7, 11) is 0. The number of hydrogen-bond donors (Lipinski definition) is 1. The summed E-state index contributed by atoms with van der Waals surface area (Å²) in [6, 6.07) is 1.07. The van der Waals surface area contributed by atoms with E-state index in [-0.39, 0.29) is 12.4 Å². The first kappa shape index (κ1) is 18.4. The van der Waals surface area contributed by atoms with Gasteiger partial charge in [0.2, 0.25) is 0 Å². The second-order valence-corrected chi connectivity index (χ2v) is 6.10. The summed E-state index contributed by atoms with van der Waals surface area (Å²) in [4.78, 5) is 7.76. The van der Waals surface area contributed by atoms with Crippen LogP contribution in [0.5, 0.6) is 0 Å². The lowest BCUT2D eigenvalue weighted by molar-refractivity contribution is -0.137. The zero-order valence-electron chi connectivity index (χ0n) is 12.5. The molecule has 5 nitrogen and oxygen atoms in total. The molecule has 1 fully saturated rings. The Kier molecular flexibility index (Phi) is 6.63. The van der Waals surface area contributed by atoms with E-state index in [1.54, 1.807) is 4.90 Å². The van der Waals surface area contributed by atoms with Crippen LogP contribution in [0.25, 0.3) is 0 Å². The maximum Gasteiger partial charge on any atom is 0.419 e. The highest BCUT2D eigenvalue weighted by atomic mass is 79.9. The van der Waals surface area contributed by atoms with Crippen molar-refractivity contribution in [3.63, 3.8) is 0 Å². The summed E-state index contributed by atoms with van der Waals surface area (Å²) in [6.07, 6.45) is -3.04. The summed E-state index contributed by atoms with van der Waals surface area (Å²) in [5.41, 5.74) is -0.716. The minimum absolute atomic E-state index is 0.0107. The van der Waals surface area contributed by atoms with Crippen molar-refractivity contribution in [2.24, 2.45) is 0 Å². The molecule has 1 aromatic rings. The standard InChI is InChI=1S/C14H19BrF3N3O2/c15-11-9-12(14(16,17)18)13(19-10-11)21-3-1-20(2-4-21)5-7-23-8-6-22/h9-10,22H,1-8H2. The smallest absolute Gasteiger partial charge is 0.394 e. The second-order valence-electron chi connectivity index (χ2n) is 5.19. The topological polar surface area (TPSA) is 48.8 Å². The fourth-order valence-corrected chi connectivity index (χ4v) is 2.77. The maximum atomic E-state index is 13.2. The largest absolute Gasteiger partial charge is 0.419 e. The van der Waals surface area contributed by atoms with Crippen molar-refractivity contribution < 1.29 is 23.0 Å². The minimum Gasteiger partial charge on any atom is -0.394 e. The van der Waals surface area contributed by atoms with Crippen molar-refractivity contribution >= 4 is 21.7 Å². The monoisotopic (exact) mass is 397 g/mol. The first-order valence-electron chi connectivity index (χ1n) is 7.30. The third-order valence-corrected chi connectivity index (χ3v) is 4.03. The van der Waals surface area contributed by atoms with E-state index in [4.69, 9.17) is 9.84 Å². The molecule has 0 aliphatic carbocycles. The van der Waals surface area contributed by atoms with Crippen molar-refractivity contribution in [3.05, 3.63) is 22.3 Å². The molecule has 0 spiro atoms. The van der Waals surface area contributed by atoms with E-state index in [0.717, 1.165) is 6.07 Å². The van der Waals surface area contributed by atoms with Crippen molar-refractivity contribution in [3.8, 4) is 0 Å². The Morgan fingerprint density at radius 2 is 1.91 bits per heavy atom. The molecule has 0 radical (unpaired) electrons. The van der Waals surface area contributed by atoms with Crippen LogP contribution in [-0.4, -0.2) is 67.5 Å². The average Bonchev–Trinajstić information content (AvgIpc) is 2.51. The van der Waals surface area contributed by atoms with E-state index in [9.17, 15) is 13.2 Å². The van der Waals surface area contributed by atoms with Gasteiger partial charge in [-0.1, -0.05) is 0 Å². The Labute approximate surface area is 141 Å². The molecule has 0 amide bonds. The van der Waals surface area contributed by atoms with E-state index in [1.807, 2.05) is 0 Å². The van der Waals surface area contributed by atoms with Gasteiger partial charge in [-0.25, -0.2) is 4.98 Å². The number of aliphatic hydroxyl groups is 1. The Hall–Kier alpha value is -0.900. The Morgan fingerprint density at radius 1 is 1.22 bits per heavy atom. The molecule has 0 bridgehead atoms. The zero-order chi connectivity index (χ0) is 16.9. The number of pyridine rings is 1. The number of ether oxygens (including phenoxy) is 1. The molecule has 2 rings (SSSR count). The first-order chi connectivity index (χ1) is 10.9. The molecule has 0 unspecified atom stereocenters. The molecule has 1 aliphatic heterocycles. The second kappa shape index (κ2) is 8.27. The summed E-state index contributed by atoms with van der Waals surface area (Å²) >= 11 is 3.04. The van der Waals surface area contributed by atoms with Gasteiger partial charge in [-0.15, -0.1) is 0 Å². The predicted octanol–water partition coefficient (Wildman–Crippen LogP) is 1.99. The highest BCUT2D eigenvalue weighted by Gasteiger charge is 2.36. The lowest BCUT2D eigenvalue weighted by Crippen LogP contribution is -2.48. The summed E-state index contributed by atoms with van der Waals surface area (Å²) in [5.74, 6) is -0.0168. The van der Waals surface area contributed by atoms with Gasteiger partial charge in [0.15, 0.2) is 0 Å². The van der Waals surface area contributed by atoms with Crippen LogP contribution < -0.4 is 4.90 Å². The van der Waals surface area contributed by atoms with Crippen LogP contribution in [0, 0.1) is 0 Å². The van der Waals surface area contributed by atoms with Gasteiger partial charge in [-0.05, 0) is 22.0 Å². The SMILES string of the molecule is OCCOCCN1CCN(c2ncc(Br)cc2C(F)(F)F)CC1. The van der Waals surface area contributed by atoms with Crippen molar-refractivity contribution in [2.75, 3.05) is 57.4 Å². The third-order valence-electron chi connectivity index (χ3n) is 3.60. The van der Waals surface area contributed by atoms with Crippen LogP contribution in [0.2, 0.25) is 0 Å². The number of piperazine rings is 1. The number of anilines is 1. The van der Waals surface area contributed by atoms with Crippen LogP contribution in [0.15, 0.2) is 16.7 Å². The summed E-state index contributed by atoms with van der Waals surface area (Å²) in [6.45, 7) is 3.77. The van der Waals surface area contributed by atoms with Crippen molar-refractivity contribution in [1.82, 2.24) is 9.88 Å². The fourth-order valence-electron chi connectivity index (χ4n) is 2.44. The zero-order valence-corrected chi connectivity index (χ0v) is 14.1. The number of halogens is 4. The number of nitrogens with zero attached hydrogens (tertiary/aromatic N) is 3. The minimum atomic E-state index is -4.43. The van der Waals surface area contributed by atoms with E-state index in [0.29, 0.717) is 50.4 Å². The molecular weight excluding hydrogens is 379 g/mol. The van der Waals surface area contributed by atoms with Gasteiger partial charge < -0.3 is 14.7 Å². The third kappa shape index (κ3) is 5.30. The quantitative estimate of drug-likeness (QED) is 0.743. The molecule has 1 N–H and O–H groups in total. The molecule has 23 heavy (non-hydrogen) atoms. The Morgan fingerprint density at radius 3 is 2.52 bits per heavy atom. The normalized spacial score (nSPS) is 16.8. The van der Waals surface area contributed by atoms with Crippen molar-refractivity contribution in [2.45, 2.75) is 6.18 Å². The van der Waals surface area contributed by atoms with Crippen LogP contribution in [-0.2, 0) is 10.9 Å². The summed E-state index contributed by atoms with van der Waals surface area (Å²) < 4.78 is 45.0. The first-order valence-corrected chi connectivity index (χ1v) is 8.10. The molecule has 130 valence electrons. The van der Waals surface area contributed by atoms with Crippen LogP contribution in [0.3, 0.4) is 0 Å². The van der Waals surface area contributed by atoms with Gasteiger partial charge in [0.05, 0.1) is 25.4 Å². The van der Waals surface area contributed by atoms with Crippen LogP contribution >= 0.6 is 15.9 Å². The Balaban J connectivity index is 1.95. The van der Waals surface area contributed by atoms with Gasteiger partial charge in [0, 0.05) is 43.4 Å². The fraction of sp³-hybridized carbons (Fsp3) is 0.643. The van der Waals surface area contributed by atoms with E-state index < -0.39 is 11.7 Å². The molecule has 0 atom stereocenters. The van der Waals surface area contributed by atoms with Crippen LogP contribution in [0.4, 0.5) is 19.0 Å². The van der Waals surface area contributed by atoms with Gasteiger partial charge in [0.1, 0.15) is 5.82 Å². The van der Waals surface area contributed by atoms with Gasteiger partial charge in [-0.3, -0.25) is 4.90 Å². The lowest BCUT2D eigenvalue weighted by atomic mass is 10.2. The number of hydrogen-bond acceptors (Lipinski definition) is 5. The molecule has 9 heteroatoms. The van der Waals surface area contributed by atoms with E-state index in [2.05, 4.69) is 25.8 Å². The maximum absolute atomic E-state index is 13.2. The number of rotatable bonds is 6. The lowest BCUT2D eigenvalue weighted by Gasteiger charge is -2.36. The molecule has 2 heterocycles. The predicted molar refractivity (Wildman–Crippen MR) is 83.5 cm³/mol. The molecule has 1 saturated heterocycles. The number of aromatic nitrogens is 1. The number of aliphatic hydroxyl groups excluding tert-OH is 1. The highest BCUT2D eigenvalue weighted by Crippen LogP contribution is 2.37. The van der Waals surface area contributed by atoms with Crippen molar-refractivity contribution in [1.29, 1.82) is 0 Å². The highest BCUT2D eigenvalue weighted by molar-refractivity contribution is 9.10. The molecule has 1 aromatic heterocycles. The number of alkyl halides is 3. The molecule has 0 saturated carbocycles. The van der Waals surface area contributed by atoms with E-state index in [1.165, 1.54) is 6.20 Å². The summed E-state index contributed by atoms with van der Waals surface area (Å²) in [5, 5.41) is 8.63. The van der Waals surface area contributed by atoms with Crippen LogP contribution in [0.1, 0.15) is 5.56 Å². The van der Waals surface area contributed by atoms with E-state index >= 15 is 0 Å². The van der Waals surface area contributed by atoms with Gasteiger partial charge in [-0.2, -0.15) is 13.2 Å². The molecular formula is C14H19BrF3N3O2. The average molecular weight is 398 g/mol.